The standard InChI is InChI=1S/C38H74O5/c1-4-5-6-7-8-9-10-11-12-13-14-15-16-17-18-22-25-28-31-37(40)42-33-36(39)34-43-38(41)32-29-26-23-20-19-21-24-27-30-35(2)3/h35-36,39H,4-34H2,1-3H3/t36-/m1/s1. The van der Waals surface area contributed by atoms with Crippen LogP contribution in [-0.4, -0.2) is 36.4 Å². The SMILES string of the molecule is CCCCCCCCCCCCCCCCCCCCC(=O)OC[C@@H](O)COC(=O)CCCCCCCCCCC(C)C. The minimum absolute atomic E-state index is 0.109. The monoisotopic (exact) mass is 611 g/mol. The highest BCUT2D eigenvalue weighted by atomic mass is 16.6. The maximum atomic E-state index is 11.9. The lowest BCUT2D eigenvalue weighted by molar-refractivity contribution is -0.152. The first-order valence-corrected chi connectivity index (χ1v) is 18.9. The van der Waals surface area contributed by atoms with Gasteiger partial charge in [0.15, 0.2) is 0 Å². The van der Waals surface area contributed by atoms with Crippen molar-refractivity contribution in [3.05, 3.63) is 0 Å². The Morgan fingerprint density at radius 3 is 1.05 bits per heavy atom. The summed E-state index contributed by atoms with van der Waals surface area (Å²) < 4.78 is 10.3. The van der Waals surface area contributed by atoms with E-state index in [0.29, 0.717) is 12.8 Å². The number of aliphatic hydroxyl groups is 1. The van der Waals surface area contributed by atoms with Gasteiger partial charge in [-0.15, -0.1) is 0 Å². The summed E-state index contributed by atoms with van der Waals surface area (Å²) in [7, 11) is 0. The first kappa shape index (κ1) is 41.9. The average molecular weight is 611 g/mol. The summed E-state index contributed by atoms with van der Waals surface area (Å²) in [6, 6.07) is 0. The number of hydrogen-bond acceptors (Lipinski definition) is 5. The number of unbranched alkanes of at least 4 members (excludes halogenated alkanes) is 24. The van der Waals surface area contributed by atoms with Gasteiger partial charge in [-0.3, -0.25) is 9.59 Å². The Kier molecular flexibility index (Phi) is 32.9. The second-order valence-electron chi connectivity index (χ2n) is 13.5. The molecule has 0 radical (unpaired) electrons. The molecule has 43 heavy (non-hydrogen) atoms. The molecule has 256 valence electrons. The van der Waals surface area contributed by atoms with Crippen LogP contribution in [0.15, 0.2) is 0 Å². The van der Waals surface area contributed by atoms with E-state index in [2.05, 4.69) is 20.8 Å². The van der Waals surface area contributed by atoms with Crippen molar-refractivity contribution >= 4 is 11.9 Å². The second kappa shape index (κ2) is 33.8. The molecule has 0 bridgehead atoms. The second-order valence-corrected chi connectivity index (χ2v) is 13.5. The summed E-state index contributed by atoms with van der Waals surface area (Å²) in [6.45, 7) is 6.63. The lowest BCUT2D eigenvalue weighted by Crippen LogP contribution is -2.25. The molecule has 0 rings (SSSR count). The summed E-state index contributed by atoms with van der Waals surface area (Å²) in [5, 5.41) is 9.98. The normalized spacial score (nSPS) is 12.1. The Hall–Kier alpha value is -1.10. The van der Waals surface area contributed by atoms with Crippen LogP contribution in [0.3, 0.4) is 0 Å². The van der Waals surface area contributed by atoms with Gasteiger partial charge in [0.1, 0.15) is 19.3 Å². The first-order chi connectivity index (χ1) is 21.0. The third-order valence-electron chi connectivity index (χ3n) is 8.52. The molecule has 0 heterocycles. The van der Waals surface area contributed by atoms with Crippen molar-refractivity contribution in [3.8, 4) is 0 Å². The molecule has 0 saturated heterocycles. The number of esters is 2. The fraction of sp³-hybridized carbons (Fsp3) is 0.947. The van der Waals surface area contributed by atoms with Crippen LogP contribution in [0.25, 0.3) is 0 Å². The highest BCUT2D eigenvalue weighted by Crippen LogP contribution is 2.15. The number of carbonyl (C=O) groups is 2. The van der Waals surface area contributed by atoms with Crippen LogP contribution < -0.4 is 0 Å². The van der Waals surface area contributed by atoms with E-state index < -0.39 is 6.10 Å². The summed E-state index contributed by atoms with van der Waals surface area (Å²) in [5.41, 5.74) is 0. The minimum atomic E-state index is -0.955. The van der Waals surface area contributed by atoms with Gasteiger partial charge in [-0.2, -0.15) is 0 Å². The molecule has 0 saturated carbocycles. The summed E-state index contributed by atoms with van der Waals surface area (Å²) in [4.78, 5) is 23.8. The van der Waals surface area contributed by atoms with E-state index in [9.17, 15) is 14.7 Å². The highest BCUT2D eigenvalue weighted by molar-refractivity contribution is 5.69. The van der Waals surface area contributed by atoms with Gasteiger partial charge in [0.2, 0.25) is 0 Å². The number of aliphatic hydroxyl groups excluding tert-OH is 1. The molecule has 0 spiro atoms. The van der Waals surface area contributed by atoms with Crippen LogP contribution in [0.4, 0.5) is 0 Å². The molecule has 0 aromatic carbocycles. The number of hydrogen-bond donors (Lipinski definition) is 1. The van der Waals surface area contributed by atoms with Crippen LogP contribution in [0.2, 0.25) is 0 Å². The third kappa shape index (κ3) is 35.3. The first-order valence-electron chi connectivity index (χ1n) is 18.9. The van der Waals surface area contributed by atoms with Gasteiger partial charge in [-0.05, 0) is 18.8 Å². The number of ether oxygens (including phenoxy) is 2. The smallest absolute Gasteiger partial charge is 0.305 e. The quantitative estimate of drug-likeness (QED) is 0.0579. The maximum Gasteiger partial charge on any atom is 0.305 e. The van der Waals surface area contributed by atoms with Crippen LogP contribution in [0, 0.1) is 5.92 Å². The average Bonchev–Trinajstić information content (AvgIpc) is 2.99. The lowest BCUT2D eigenvalue weighted by Gasteiger charge is -2.12. The Bertz CT molecular complexity index is 591. The van der Waals surface area contributed by atoms with Gasteiger partial charge in [0, 0.05) is 12.8 Å². The zero-order valence-corrected chi connectivity index (χ0v) is 29.2. The molecule has 1 N–H and O–H groups in total. The van der Waals surface area contributed by atoms with E-state index in [1.165, 1.54) is 141 Å². The van der Waals surface area contributed by atoms with E-state index in [1.54, 1.807) is 0 Å². The van der Waals surface area contributed by atoms with E-state index in [0.717, 1.165) is 38.0 Å². The van der Waals surface area contributed by atoms with E-state index >= 15 is 0 Å². The van der Waals surface area contributed by atoms with Gasteiger partial charge in [-0.25, -0.2) is 0 Å². The zero-order valence-electron chi connectivity index (χ0n) is 29.2. The Balaban J connectivity index is 3.37. The van der Waals surface area contributed by atoms with Gasteiger partial charge in [0.25, 0.3) is 0 Å². The molecule has 0 aliphatic carbocycles. The van der Waals surface area contributed by atoms with Gasteiger partial charge >= 0.3 is 11.9 Å². The van der Waals surface area contributed by atoms with E-state index in [1.807, 2.05) is 0 Å². The summed E-state index contributed by atoms with van der Waals surface area (Å²) in [6.07, 6.45) is 34.5. The van der Waals surface area contributed by atoms with Crippen molar-refractivity contribution in [1.82, 2.24) is 0 Å². The molecule has 0 unspecified atom stereocenters. The third-order valence-corrected chi connectivity index (χ3v) is 8.52. The Morgan fingerprint density at radius 1 is 0.465 bits per heavy atom. The topological polar surface area (TPSA) is 72.8 Å². The molecule has 5 heteroatoms. The van der Waals surface area contributed by atoms with Crippen molar-refractivity contribution in [1.29, 1.82) is 0 Å². The molecule has 0 fully saturated rings. The Labute approximate surface area is 268 Å². The molecule has 0 aliphatic rings. The Morgan fingerprint density at radius 2 is 0.744 bits per heavy atom. The highest BCUT2D eigenvalue weighted by Gasteiger charge is 2.12. The zero-order chi connectivity index (χ0) is 31.6. The summed E-state index contributed by atoms with van der Waals surface area (Å²) in [5.74, 6) is 0.253. The van der Waals surface area contributed by atoms with Crippen molar-refractivity contribution in [3.63, 3.8) is 0 Å². The molecule has 0 amide bonds. The van der Waals surface area contributed by atoms with Gasteiger partial charge in [-0.1, -0.05) is 181 Å². The van der Waals surface area contributed by atoms with Crippen molar-refractivity contribution < 1.29 is 24.2 Å². The number of rotatable bonds is 34. The molecular weight excluding hydrogens is 536 g/mol. The van der Waals surface area contributed by atoms with Crippen LogP contribution in [-0.2, 0) is 19.1 Å². The van der Waals surface area contributed by atoms with Crippen molar-refractivity contribution in [2.45, 2.75) is 213 Å². The van der Waals surface area contributed by atoms with Crippen LogP contribution in [0.5, 0.6) is 0 Å². The predicted molar refractivity (Wildman–Crippen MR) is 182 cm³/mol. The molecular formula is C38H74O5. The van der Waals surface area contributed by atoms with E-state index in [4.69, 9.17) is 9.47 Å². The molecule has 0 aromatic heterocycles. The van der Waals surface area contributed by atoms with Crippen molar-refractivity contribution in [2.75, 3.05) is 13.2 Å². The fourth-order valence-electron chi connectivity index (χ4n) is 5.62. The number of carbonyl (C=O) groups excluding carboxylic acids is 2. The molecule has 0 aromatic rings. The predicted octanol–water partition coefficient (Wildman–Crippen LogP) is 11.4. The van der Waals surface area contributed by atoms with Crippen LogP contribution in [0.1, 0.15) is 207 Å². The molecule has 5 nitrogen and oxygen atoms in total. The molecule has 0 aliphatic heterocycles. The maximum absolute atomic E-state index is 11.9. The lowest BCUT2D eigenvalue weighted by atomic mass is 10.0. The van der Waals surface area contributed by atoms with Crippen molar-refractivity contribution in [2.24, 2.45) is 5.92 Å². The minimum Gasteiger partial charge on any atom is -0.463 e. The van der Waals surface area contributed by atoms with Crippen LogP contribution >= 0.6 is 0 Å². The fourth-order valence-corrected chi connectivity index (χ4v) is 5.62. The van der Waals surface area contributed by atoms with E-state index in [-0.39, 0.29) is 25.2 Å². The van der Waals surface area contributed by atoms with Gasteiger partial charge in [0.05, 0.1) is 0 Å². The summed E-state index contributed by atoms with van der Waals surface area (Å²) >= 11 is 0. The van der Waals surface area contributed by atoms with Gasteiger partial charge < -0.3 is 14.6 Å². The largest absolute Gasteiger partial charge is 0.463 e. The molecule has 1 atom stereocenters.